The van der Waals surface area contributed by atoms with Crippen molar-refractivity contribution < 1.29 is 4.42 Å². The molecule has 4 heteroatoms. The molecule has 3 rings (SSSR count). The van der Waals surface area contributed by atoms with Gasteiger partial charge in [-0.25, -0.2) is 0 Å². The minimum atomic E-state index is 0.733. The van der Waals surface area contributed by atoms with Crippen LogP contribution in [-0.4, -0.2) is 14.6 Å². The Bertz CT molecular complexity index is 595. The quantitative estimate of drug-likeness (QED) is 0.604. The van der Waals surface area contributed by atoms with Crippen molar-refractivity contribution in [3.63, 3.8) is 0 Å². The summed E-state index contributed by atoms with van der Waals surface area (Å²) >= 11 is 0. The van der Waals surface area contributed by atoms with E-state index < -0.39 is 0 Å². The van der Waals surface area contributed by atoms with E-state index in [0.29, 0.717) is 0 Å². The van der Waals surface area contributed by atoms with Gasteiger partial charge < -0.3 is 4.42 Å². The van der Waals surface area contributed by atoms with E-state index >= 15 is 0 Å². The zero-order valence-electron chi connectivity index (χ0n) is 8.21. The highest BCUT2D eigenvalue weighted by atomic mass is 16.3. The van der Waals surface area contributed by atoms with E-state index in [1.807, 2.05) is 41.7 Å². The van der Waals surface area contributed by atoms with Crippen molar-refractivity contribution in [2.75, 3.05) is 0 Å². The van der Waals surface area contributed by atoms with Crippen LogP contribution in [0.4, 0.5) is 0 Å². The van der Waals surface area contributed by atoms with Crippen LogP contribution in [0.3, 0.4) is 0 Å². The third-order valence-corrected chi connectivity index (χ3v) is 2.37. The van der Waals surface area contributed by atoms with E-state index in [-0.39, 0.29) is 0 Å². The molecule has 0 spiro atoms. The lowest BCUT2D eigenvalue weighted by atomic mass is 10.3. The monoisotopic (exact) mass is 199 g/mol. The molecule has 0 aromatic carbocycles. The number of nitrogens with zero attached hydrogens (tertiary/aromatic N) is 3. The van der Waals surface area contributed by atoms with Gasteiger partial charge in [-0.2, -0.15) is 0 Å². The van der Waals surface area contributed by atoms with Crippen molar-refractivity contribution in [3.8, 4) is 11.6 Å². The molecule has 0 atom stereocenters. The highest BCUT2D eigenvalue weighted by molar-refractivity contribution is 5.54. The molecule has 0 aliphatic carbocycles. The van der Waals surface area contributed by atoms with Crippen LogP contribution in [0, 0.1) is 6.92 Å². The fourth-order valence-corrected chi connectivity index (χ4v) is 1.67. The minimum absolute atomic E-state index is 0.733. The highest BCUT2D eigenvalue weighted by Gasteiger charge is 2.10. The van der Waals surface area contributed by atoms with Gasteiger partial charge in [0.1, 0.15) is 0 Å². The Balaban J connectivity index is 2.37. The van der Waals surface area contributed by atoms with Crippen molar-refractivity contribution in [2.24, 2.45) is 0 Å². The Labute approximate surface area is 86.2 Å². The first kappa shape index (κ1) is 8.23. The SMILES string of the molecule is Cc1cccc2nnc(-c3ccco3)n12. The first-order valence-corrected chi connectivity index (χ1v) is 4.71. The summed E-state index contributed by atoms with van der Waals surface area (Å²) in [6.07, 6.45) is 1.63. The third kappa shape index (κ3) is 1.15. The van der Waals surface area contributed by atoms with E-state index in [4.69, 9.17) is 4.42 Å². The van der Waals surface area contributed by atoms with Gasteiger partial charge in [-0.05, 0) is 31.2 Å². The summed E-state index contributed by atoms with van der Waals surface area (Å²) in [6.45, 7) is 2.02. The molecule has 4 nitrogen and oxygen atoms in total. The zero-order chi connectivity index (χ0) is 10.3. The molecule has 0 saturated heterocycles. The summed E-state index contributed by atoms with van der Waals surface area (Å²) in [5.41, 5.74) is 1.92. The van der Waals surface area contributed by atoms with E-state index in [1.165, 1.54) is 0 Å². The number of furan rings is 1. The Kier molecular flexibility index (Phi) is 1.62. The normalized spacial score (nSPS) is 11.0. The number of aromatic nitrogens is 3. The lowest BCUT2D eigenvalue weighted by Gasteiger charge is -2.00. The molecule has 0 fully saturated rings. The van der Waals surface area contributed by atoms with Gasteiger partial charge in [0, 0.05) is 5.69 Å². The van der Waals surface area contributed by atoms with Crippen molar-refractivity contribution in [2.45, 2.75) is 6.92 Å². The second kappa shape index (κ2) is 2.95. The second-order valence-corrected chi connectivity index (χ2v) is 3.36. The largest absolute Gasteiger partial charge is 0.461 e. The molecule has 0 radical (unpaired) electrons. The average molecular weight is 199 g/mol. The lowest BCUT2D eigenvalue weighted by Crippen LogP contribution is -1.92. The topological polar surface area (TPSA) is 43.3 Å². The van der Waals surface area contributed by atoms with Gasteiger partial charge in [0.05, 0.1) is 6.26 Å². The minimum Gasteiger partial charge on any atom is -0.461 e. The van der Waals surface area contributed by atoms with E-state index in [9.17, 15) is 0 Å². The Hall–Kier alpha value is -2.10. The van der Waals surface area contributed by atoms with Gasteiger partial charge in [-0.1, -0.05) is 6.07 Å². The fourth-order valence-electron chi connectivity index (χ4n) is 1.67. The van der Waals surface area contributed by atoms with Crippen molar-refractivity contribution in [3.05, 3.63) is 42.3 Å². The molecular weight excluding hydrogens is 190 g/mol. The zero-order valence-corrected chi connectivity index (χ0v) is 8.21. The maximum absolute atomic E-state index is 5.32. The molecule has 0 aliphatic heterocycles. The van der Waals surface area contributed by atoms with Crippen LogP contribution in [0.1, 0.15) is 5.69 Å². The second-order valence-electron chi connectivity index (χ2n) is 3.36. The lowest BCUT2D eigenvalue weighted by molar-refractivity contribution is 0.576. The first-order chi connectivity index (χ1) is 7.36. The van der Waals surface area contributed by atoms with Gasteiger partial charge in [-0.15, -0.1) is 10.2 Å². The molecule has 0 bridgehead atoms. The first-order valence-electron chi connectivity index (χ1n) is 4.71. The summed E-state index contributed by atoms with van der Waals surface area (Å²) in [5.74, 6) is 1.48. The smallest absolute Gasteiger partial charge is 0.204 e. The van der Waals surface area contributed by atoms with Gasteiger partial charge in [0.25, 0.3) is 0 Å². The molecule has 0 amide bonds. The number of hydrogen-bond acceptors (Lipinski definition) is 3. The number of fused-ring (bicyclic) bond motifs is 1. The van der Waals surface area contributed by atoms with Crippen LogP contribution in [-0.2, 0) is 0 Å². The van der Waals surface area contributed by atoms with Crippen LogP contribution in [0.5, 0.6) is 0 Å². The summed E-state index contributed by atoms with van der Waals surface area (Å²) < 4.78 is 7.29. The molecule has 0 saturated carbocycles. The Morgan fingerprint density at radius 3 is 2.87 bits per heavy atom. The van der Waals surface area contributed by atoms with Crippen LogP contribution in [0.25, 0.3) is 17.2 Å². The molecule has 0 N–H and O–H groups in total. The summed E-state index contributed by atoms with van der Waals surface area (Å²) in [7, 11) is 0. The number of pyridine rings is 1. The molecule has 3 heterocycles. The van der Waals surface area contributed by atoms with Gasteiger partial charge in [0.15, 0.2) is 11.4 Å². The van der Waals surface area contributed by atoms with E-state index in [0.717, 1.165) is 22.9 Å². The van der Waals surface area contributed by atoms with E-state index in [1.54, 1.807) is 6.26 Å². The van der Waals surface area contributed by atoms with Crippen LogP contribution in [0.15, 0.2) is 41.0 Å². The molecule has 74 valence electrons. The average Bonchev–Trinajstić information content (AvgIpc) is 2.85. The predicted octanol–water partition coefficient (Wildman–Crippen LogP) is 2.30. The number of aryl methyl sites for hydroxylation is 1. The number of rotatable bonds is 1. The molecular formula is C11H9N3O. The molecule has 0 aliphatic rings. The predicted molar refractivity (Wildman–Crippen MR) is 55.4 cm³/mol. The summed E-state index contributed by atoms with van der Waals surface area (Å²) in [5, 5.41) is 8.21. The van der Waals surface area contributed by atoms with Gasteiger partial charge >= 0.3 is 0 Å². The van der Waals surface area contributed by atoms with Crippen molar-refractivity contribution in [1.29, 1.82) is 0 Å². The molecule has 0 unspecified atom stereocenters. The summed E-state index contributed by atoms with van der Waals surface area (Å²) in [4.78, 5) is 0. The molecule has 3 aromatic rings. The van der Waals surface area contributed by atoms with Crippen LogP contribution >= 0.6 is 0 Å². The van der Waals surface area contributed by atoms with Gasteiger partial charge in [-0.3, -0.25) is 4.40 Å². The number of hydrogen-bond donors (Lipinski definition) is 0. The van der Waals surface area contributed by atoms with Gasteiger partial charge in [0.2, 0.25) is 5.82 Å². The maximum Gasteiger partial charge on any atom is 0.204 e. The molecule has 15 heavy (non-hydrogen) atoms. The summed E-state index contributed by atoms with van der Waals surface area (Å²) in [6, 6.07) is 9.62. The van der Waals surface area contributed by atoms with Crippen LogP contribution < -0.4 is 0 Å². The van der Waals surface area contributed by atoms with E-state index in [2.05, 4.69) is 10.2 Å². The maximum atomic E-state index is 5.32. The standard InChI is InChI=1S/C11H9N3O/c1-8-4-2-6-10-12-13-11(14(8)10)9-5-3-7-15-9/h2-7H,1H3. The highest BCUT2D eigenvalue weighted by Crippen LogP contribution is 2.19. The molecule has 3 aromatic heterocycles. The van der Waals surface area contributed by atoms with Crippen LogP contribution in [0.2, 0.25) is 0 Å². The third-order valence-electron chi connectivity index (χ3n) is 2.37. The van der Waals surface area contributed by atoms with Crippen molar-refractivity contribution in [1.82, 2.24) is 14.6 Å². The Morgan fingerprint density at radius 2 is 2.07 bits per heavy atom. The van der Waals surface area contributed by atoms with Crippen molar-refractivity contribution >= 4 is 5.65 Å². The fraction of sp³-hybridized carbons (Fsp3) is 0.0909. The Morgan fingerprint density at radius 1 is 1.13 bits per heavy atom.